The molecule has 1 aliphatic heterocycles. The van der Waals surface area contributed by atoms with Gasteiger partial charge in [0.15, 0.2) is 0 Å². The molecule has 0 aliphatic carbocycles. The second kappa shape index (κ2) is 4.61. The molecule has 1 aromatic heterocycles. The molecule has 88 valence electrons. The predicted octanol–water partition coefficient (Wildman–Crippen LogP) is -0.0360. The topological polar surface area (TPSA) is 82.1 Å². The van der Waals surface area contributed by atoms with Crippen molar-refractivity contribution in [1.29, 1.82) is 0 Å². The molecule has 6 heteroatoms. The number of aliphatic hydroxyl groups is 1. The Morgan fingerprint density at radius 2 is 2.50 bits per heavy atom. The number of likely N-dealkylation sites (tertiary alicyclic amines) is 1. The number of carbonyl (C=O) groups excluding carboxylic acids is 1. The highest BCUT2D eigenvalue weighted by molar-refractivity contribution is 5.90. The van der Waals surface area contributed by atoms with Crippen LogP contribution in [0.4, 0.5) is 0 Å². The molecule has 0 bridgehead atoms. The van der Waals surface area contributed by atoms with Gasteiger partial charge in [-0.3, -0.25) is 9.89 Å². The van der Waals surface area contributed by atoms with Crippen LogP contribution in [-0.2, 0) is 6.42 Å². The number of aliphatic hydroxyl groups excluding tert-OH is 1. The maximum absolute atomic E-state index is 12.0. The molecule has 1 fully saturated rings. The molecule has 1 atom stereocenters. The molecule has 0 radical (unpaired) electrons. The molecule has 0 saturated carbocycles. The fourth-order valence-corrected chi connectivity index (χ4v) is 1.97. The van der Waals surface area contributed by atoms with Crippen LogP contribution in [0.25, 0.3) is 0 Å². The third kappa shape index (κ3) is 1.92. The van der Waals surface area contributed by atoms with E-state index in [-0.39, 0.29) is 24.4 Å². The number of aromatic amines is 1. The number of aryl methyl sites for hydroxylation is 1. The number of amides is 1. The summed E-state index contributed by atoms with van der Waals surface area (Å²) in [4.78, 5) is 17.8. The summed E-state index contributed by atoms with van der Waals surface area (Å²) in [5.74, 6) is 0.729. The summed E-state index contributed by atoms with van der Waals surface area (Å²) < 4.78 is 0. The molecule has 1 saturated heterocycles. The van der Waals surface area contributed by atoms with E-state index >= 15 is 0 Å². The van der Waals surface area contributed by atoms with Crippen molar-refractivity contribution in [3.05, 3.63) is 11.6 Å². The molecule has 2 rings (SSSR count). The highest BCUT2D eigenvalue weighted by Crippen LogP contribution is 2.18. The van der Waals surface area contributed by atoms with Gasteiger partial charge in [0, 0.05) is 13.0 Å². The van der Waals surface area contributed by atoms with Crippen LogP contribution in [0, 0.1) is 0 Å². The Labute approximate surface area is 93.7 Å². The number of aromatic nitrogens is 3. The molecule has 2 N–H and O–H groups in total. The molecule has 0 spiro atoms. The largest absolute Gasteiger partial charge is 0.394 e. The lowest BCUT2D eigenvalue weighted by molar-refractivity contribution is 0.0666. The molecule has 0 aromatic carbocycles. The first-order valence-electron chi connectivity index (χ1n) is 5.59. The maximum atomic E-state index is 12.0. The van der Waals surface area contributed by atoms with Crippen molar-refractivity contribution in [3.63, 3.8) is 0 Å². The number of nitrogens with one attached hydrogen (secondary N) is 1. The summed E-state index contributed by atoms with van der Waals surface area (Å²) in [6, 6.07) is -0.0731. The Morgan fingerprint density at radius 3 is 3.12 bits per heavy atom. The van der Waals surface area contributed by atoms with Crippen molar-refractivity contribution >= 4 is 5.91 Å². The van der Waals surface area contributed by atoms with Crippen LogP contribution < -0.4 is 0 Å². The van der Waals surface area contributed by atoms with Crippen LogP contribution >= 0.6 is 0 Å². The number of H-pyrrole nitrogens is 1. The number of hydrogen-bond donors (Lipinski definition) is 2. The summed E-state index contributed by atoms with van der Waals surface area (Å²) in [5, 5.41) is 15.8. The van der Waals surface area contributed by atoms with E-state index in [9.17, 15) is 4.79 Å². The van der Waals surface area contributed by atoms with Crippen LogP contribution in [0.3, 0.4) is 0 Å². The van der Waals surface area contributed by atoms with Crippen molar-refractivity contribution < 1.29 is 9.90 Å². The van der Waals surface area contributed by atoms with E-state index in [2.05, 4.69) is 15.2 Å². The van der Waals surface area contributed by atoms with Crippen molar-refractivity contribution in [2.45, 2.75) is 32.2 Å². The number of carbonyl (C=O) groups is 1. The number of hydrogen-bond acceptors (Lipinski definition) is 4. The minimum absolute atomic E-state index is 0.0107. The Bertz CT molecular complexity index is 377. The zero-order valence-corrected chi connectivity index (χ0v) is 9.31. The van der Waals surface area contributed by atoms with E-state index in [1.54, 1.807) is 4.90 Å². The molecule has 1 aliphatic rings. The molecule has 6 nitrogen and oxygen atoms in total. The van der Waals surface area contributed by atoms with Crippen molar-refractivity contribution in [2.24, 2.45) is 0 Å². The lowest BCUT2D eigenvalue weighted by Crippen LogP contribution is -2.38. The first-order valence-corrected chi connectivity index (χ1v) is 5.59. The van der Waals surface area contributed by atoms with E-state index < -0.39 is 0 Å². The average Bonchev–Trinajstić information content (AvgIpc) is 2.96. The Hall–Kier alpha value is -1.43. The van der Waals surface area contributed by atoms with Crippen molar-refractivity contribution in [1.82, 2.24) is 20.1 Å². The van der Waals surface area contributed by atoms with Gasteiger partial charge < -0.3 is 10.0 Å². The monoisotopic (exact) mass is 224 g/mol. The van der Waals surface area contributed by atoms with Crippen LogP contribution in [0.2, 0.25) is 0 Å². The van der Waals surface area contributed by atoms with E-state index in [1.807, 2.05) is 6.92 Å². The van der Waals surface area contributed by atoms with Crippen LogP contribution in [0.1, 0.15) is 36.2 Å². The van der Waals surface area contributed by atoms with Gasteiger partial charge >= 0.3 is 0 Å². The van der Waals surface area contributed by atoms with E-state index in [0.717, 1.165) is 19.3 Å². The quantitative estimate of drug-likeness (QED) is 0.755. The van der Waals surface area contributed by atoms with Gasteiger partial charge in [0.05, 0.1) is 12.6 Å². The molecule has 1 aromatic rings. The van der Waals surface area contributed by atoms with E-state index in [0.29, 0.717) is 12.4 Å². The summed E-state index contributed by atoms with van der Waals surface area (Å²) in [6.45, 7) is 2.64. The molecule has 16 heavy (non-hydrogen) atoms. The third-order valence-corrected chi connectivity index (χ3v) is 2.91. The van der Waals surface area contributed by atoms with E-state index in [4.69, 9.17) is 5.11 Å². The standard InChI is InChI=1S/C10H16N4O2/c1-2-8-11-9(13-12-8)10(16)14-5-3-4-7(14)6-15/h7,15H,2-6H2,1H3,(H,11,12,13)/t7-/m1/s1. The van der Waals surface area contributed by atoms with Gasteiger partial charge in [-0.25, -0.2) is 4.98 Å². The Balaban J connectivity index is 2.12. The van der Waals surface area contributed by atoms with Crippen LogP contribution in [0.5, 0.6) is 0 Å². The zero-order chi connectivity index (χ0) is 11.5. The number of rotatable bonds is 3. The Morgan fingerprint density at radius 1 is 1.69 bits per heavy atom. The second-order valence-electron chi connectivity index (χ2n) is 3.94. The molecule has 1 amide bonds. The number of nitrogens with zero attached hydrogens (tertiary/aromatic N) is 3. The van der Waals surface area contributed by atoms with Gasteiger partial charge in [0.25, 0.3) is 5.91 Å². The van der Waals surface area contributed by atoms with Gasteiger partial charge in [-0.1, -0.05) is 6.92 Å². The average molecular weight is 224 g/mol. The van der Waals surface area contributed by atoms with Gasteiger partial charge in [-0.05, 0) is 12.8 Å². The highest BCUT2D eigenvalue weighted by atomic mass is 16.3. The summed E-state index contributed by atoms with van der Waals surface area (Å²) >= 11 is 0. The van der Waals surface area contributed by atoms with Gasteiger partial charge in [0.2, 0.25) is 5.82 Å². The predicted molar refractivity (Wildman–Crippen MR) is 56.9 cm³/mol. The van der Waals surface area contributed by atoms with Crippen LogP contribution in [-0.4, -0.2) is 50.3 Å². The second-order valence-corrected chi connectivity index (χ2v) is 3.94. The highest BCUT2D eigenvalue weighted by Gasteiger charge is 2.30. The van der Waals surface area contributed by atoms with Crippen molar-refractivity contribution in [2.75, 3.05) is 13.2 Å². The molecule has 2 heterocycles. The SMILES string of the molecule is CCc1nc(C(=O)N2CCC[C@@H]2CO)n[nH]1. The molecule has 0 unspecified atom stereocenters. The molecular weight excluding hydrogens is 208 g/mol. The normalized spacial score (nSPS) is 20.4. The smallest absolute Gasteiger partial charge is 0.293 e. The van der Waals surface area contributed by atoms with Crippen molar-refractivity contribution in [3.8, 4) is 0 Å². The molecular formula is C10H16N4O2. The lowest BCUT2D eigenvalue weighted by Gasteiger charge is -2.21. The van der Waals surface area contributed by atoms with Gasteiger partial charge in [0.1, 0.15) is 5.82 Å². The summed E-state index contributed by atoms with van der Waals surface area (Å²) in [5.41, 5.74) is 0. The van der Waals surface area contributed by atoms with Crippen LogP contribution in [0.15, 0.2) is 0 Å². The Kier molecular flexibility index (Phi) is 3.19. The summed E-state index contributed by atoms with van der Waals surface area (Å²) in [6.07, 6.45) is 2.51. The fraction of sp³-hybridized carbons (Fsp3) is 0.700. The first-order chi connectivity index (χ1) is 7.76. The van der Waals surface area contributed by atoms with E-state index in [1.165, 1.54) is 0 Å². The van der Waals surface area contributed by atoms with Gasteiger partial charge in [-0.2, -0.15) is 0 Å². The first kappa shape index (κ1) is 11.1. The third-order valence-electron chi connectivity index (χ3n) is 2.91. The lowest BCUT2D eigenvalue weighted by atomic mass is 10.2. The zero-order valence-electron chi connectivity index (χ0n) is 9.31. The summed E-state index contributed by atoms with van der Waals surface area (Å²) in [7, 11) is 0. The maximum Gasteiger partial charge on any atom is 0.293 e. The minimum Gasteiger partial charge on any atom is -0.394 e. The fourth-order valence-electron chi connectivity index (χ4n) is 1.97. The van der Waals surface area contributed by atoms with Gasteiger partial charge in [-0.15, -0.1) is 5.10 Å². The minimum atomic E-state index is -0.187.